The number of amides is 1. The third-order valence-electron chi connectivity index (χ3n) is 4.93. The Bertz CT molecular complexity index is 575. The quantitative estimate of drug-likeness (QED) is 0.878. The minimum absolute atomic E-state index is 0.121. The Kier molecular flexibility index (Phi) is 6.29. The Hall–Kier alpha value is -1.63. The molecule has 1 aromatic carbocycles. The standard InChI is InChI=1S/C19H29N3O3/c1-2-19(24)22-7-6-20(14-18(23)15-22)13-16-4-3-5-17(12-16)21-8-10-25-11-9-21/h3-5,12,18,23H,2,6-11,13-15H2,1H3/t18-/m0/s1. The predicted molar refractivity (Wildman–Crippen MR) is 97.6 cm³/mol. The van der Waals surface area contributed by atoms with Crippen molar-refractivity contribution in [1.82, 2.24) is 9.80 Å². The molecule has 0 aliphatic carbocycles. The first-order chi connectivity index (χ1) is 12.2. The Morgan fingerprint density at radius 1 is 1.20 bits per heavy atom. The number of carbonyl (C=O) groups is 1. The topological polar surface area (TPSA) is 56.3 Å². The Balaban J connectivity index is 1.62. The molecule has 1 N–H and O–H groups in total. The van der Waals surface area contributed by atoms with E-state index in [1.165, 1.54) is 11.3 Å². The Labute approximate surface area is 150 Å². The maximum atomic E-state index is 11.9. The van der Waals surface area contributed by atoms with Crippen LogP contribution in [-0.4, -0.2) is 79.4 Å². The number of ether oxygens (including phenoxy) is 1. The highest BCUT2D eigenvalue weighted by molar-refractivity contribution is 5.75. The number of carbonyl (C=O) groups excluding carboxylic acids is 1. The lowest BCUT2D eigenvalue weighted by molar-refractivity contribution is -0.131. The van der Waals surface area contributed by atoms with Gasteiger partial charge in [0.1, 0.15) is 0 Å². The van der Waals surface area contributed by atoms with Gasteiger partial charge in [0, 0.05) is 57.9 Å². The first kappa shape index (κ1) is 18.2. The second-order valence-corrected chi connectivity index (χ2v) is 6.85. The molecule has 1 aromatic rings. The van der Waals surface area contributed by atoms with E-state index in [-0.39, 0.29) is 5.91 Å². The van der Waals surface area contributed by atoms with Crippen LogP contribution in [0.1, 0.15) is 18.9 Å². The number of benzene rings is 1. The van der Waals surface area contributed by atoms with Gasteiger partial charge in [0.25, 0.3) is 0 Å². The molecule has 0 spiro atoms. The van der Waals surface area contributed by atoms with E-state index in [9.17, 15) is 9.90 Å². The summed E-state index contributed by atoms with van der Waals surface area (Å²) >= 11 is 0. The van der Waals surface area contributed by atoms with Crippen LogP contribution in [0.2, 0.25) is 0 Å². The number of rotatable bonds is 4. The first-order valence-electron chi connectivity index (χ1n) is 9.25. The molecule has 0 saturated carbocycles. The van der Waals surface area contributed by atoms with Crippen molar-refractivity contribution in [3.8, 4) is 0 Å². The fourth-order valence-electron chi connectivity index (χ4n) is 3.58. The normalized spacial score (nSPS) is 22.7. The molecule has 0 bridgehead atoms. The fourth-order valence-corrected chi connectivity index (χ4v) is 3.58. The molecule has 3 rings (SSSR count). The lowest BCUT2D eigenvalue weighted by Gasteiger charge is -2.29. The van der Waals surface area contributed by atoms with Crippen LogP contribution in [0, 0.1) is 0 Å². The smallest absolute Gasteiger partial charge is 0.222 e. The second-order valence-electron chi connectivity index (χ2n) is 6.85. The lowest BCUT2D eigenvalue weighted by atomic mass is 10.1. The van der Waals surface area contributed by atoms with Crippen LogP contribution in [-0.2, 0) is 16.1 Å². The van der Waals surface area contributed by atoms with Gasteiger partial charge in [-0.15, -0.1) is 0 Å². The minimum Gasteiger partial charge on any atom is -0.390 e. The second kappa shape index (κ2) is 8.65. The first-order valence-corrected chi connectivity index (χ1v) is 9.25. The monoisotopic (exact) mass is 347 g/mol. The van der Waals surface area contributed by atoms with Crippen molar-refractivity contribution in [3.05, 3.63) is 29.8 Å². The molecule has 2 heterocycles. The summed E-state index contributed by atoms with van der Waals surface area (Å²) in [5, 5.41) is 10.3. The number of aliphatic hydroxyl groups excluding tert-OH is 1. The zero-order valence-corrected chi connectivity index (χ0v) is 15.1. The van der Waals surface area contributed by atoms with Crippen LogP contribution in [0.3, 0.4) is 0 Å². The number of aliphatic hydroxyl groups is 1. The van der Waals surface area contributed by atoms with Gasteiger partial charge in [0.2, 0.25) is 5.91 Å². The van der Waals surface area contributed by atoms with Gasteiger partial charge in [-0.2, -0.15) is 0 Å². The summed E-state index contributed by atoms with van der Waals surface area (Å²) in [5.41, 5.74) is 2.48. The lowest BCUT2D eigenvalue weighted by Crippen LogP contribution is -2.37. The van der Waals surface area contributed by atoms with Crippen molar-refractivity contribution in [2.45, 2.75) is 26.0 Å². The molecule has 138 valence electrons. The van der Waals surface area contributed by atoms with Gasteiger partial charge < -0.3 is 19.6 Å². The van der Waals surface area contributed by atoms with Gasteiger partial charge in [-0.25, -0.2) is 0 Å². The van der Waals surface area contributed by atoms with Crippen molar-refractivity contribution in [1.29, 1.82) is 0 Å². The number of anilines is 1. The summed E-state index contributed by atoms with van der Waals surface area (Å²) in [5.74, 6) is 0.121. The molecule has 2 aliphatic heterocycles. The van der Waals surface area contributed by atoms with Crippen LogP contribution >= 0.6 is 0 Å². The molecule has 0 unspecified atom stereocenters. The van der Waals surface area contributed by atoms with Gasteiger partial charge in [-0.05, 0) is 17.7 Å². The molecular weight excluding hydrogens is 318 g/mol. The minimum atomic E-state index is -0.486. The summed E-state index contributed by atoms with van der Waals surface area (Å²) in [4.78, 5) is 18.3. The number of nitrogens with zero attached hydrogens (tertiary/aromatic N) is 3. The van der Waals surface area contributed by atoms with Gasteiger partial charge in [0.05, 0.1) is 19.3 Å². The average molecular weight is 347 g/mol. The summed E-state index contributed by atoms with van der Waals surface area (Å²) in [6, 6.07) is 8.61. The predicted octanol–water partition coefficient (Wildman–Crippen LogP) is 0.938. The molecule has 0 radical (unpaired) electrons. The molecule has 2 fully saturated rings. The third-order valence-corrected chi connectivity index (χ3v) is 4.93. The van der Waals surface area contributed by atoms with E-state index in [1.54, 1.807) is 4.90 Å². The number of hydrogen-bond donors (Lipinski definition) is 1. The van der Waals surface area contributed by atoms with Crippen molar-refractivity contribution < 1.29 is 14.6 Å². The molecule has 6 nitrogen and oxygen atoms in total. The SMILES string of the molecule is CCC(=O)N1CCN(Cc2cccc(N3CCOCC3)c2)C[C@H](O)C1. The van der Waals surface area contributed by atoms with E-state index in [1.807, 2.05) is 6.92 Å². The van der Waals surface area contributed by atoms with Crippen LogP contribution in [0.5, 0.6) is 0 Å². The van der Waals surface area contributed by atoms with Gasteiger partial charge >= 0.3 is 0 Å². The highest BCUT2D eigenvalue weighted by atomic mass is 16.5. The summed E-state index contributed by atoms with van der Waals surface area (Å²) in [7, 11) is 0. The van der Waals surface area contributed by atoms with Gasteiger partial charge in [0.15, 0.2) is 0 Å². The molecular formula is C19H29N3O3. The van der Waals surface area contributed by atoms with E-state index < -0.39 is 6.10 Å². The van der Waals surface area contributed by atoms with Crippen molar-refractivity contribution in [2.24, 2.45) is 0 Å². The fraction of sp³-hybridized carbons (Fsp3) is 0.632. The summed E-state index contributed by atoms with van der Waals surface area (Å²) < 4.78 is 5.43. The van der Waals surface area contributed by atoms with Crippen molar-refractivity contribution >= 4 is 11.6 Å². The van der Waals surface area contributed by atoms with Crippen LogP contribution in [0.4, 0.5) is 5.69 Å². The Morgan fingerprint density at radius 3 is 2.76 bits per heavy atom. The number of morpholine rings is 1. The number of hydrogen-bond acceptors (Lipinski definition) is 5. The maximum absolute atomic E-state index is 11.9. The average Bonchev–Trinajstić information content (AvgIpc) is 2.83. The molecule has 25 heavy (non-hydrogen) atoms. The van der Waals surface area contributed by atoms with E-state index in [4.69, 9.17) is 4.74 Å². The van der Waals surface area contributed by atoms with E-state index in [2.05, 4.69) is 34.1 Å². The van der Waals surface area contributed by atoms with Gasteiger partial charge in [-0.3, -0.25) is 9.69 Å². The van der Waals surface area contributed by atoms with Crippen LogP contribution in [0.15, 0.2) is 24.3 Å². The van der Waals surface area contributed by atoms with Crippen LogP contribution in [0.25, 0.3) is 0 Å². The third kappa shape index (κ3) is 4.93. The largest absolute Gasteiger partial charge is 0.390 e. The highest BCUT2D eigenvalue weighted by Gasteiger charge is 2.23. The van der Waals surface area contributed by atoms with E-state index in [0.29, 0.717) is 26.1 Å². The molecule has 1 atom stereocenters. The molecule has 6 heteroatoms. The Morgan fingerprint density at radius 2 is 2.00 bits per heavy atom. The number of β-amino-alcohol motifs (C(OH)–C–C–N with tert-alkyl or cyclic N) is 1. The summed E-state index contributed by atoms with van der Waals surface area (Å²) in [6.45, 7) is 8.62. The highest BCUT2D eigenvalue weighted by Crippen LogP contribution is 2.19. The summed E-state index contributed by atoms with van der Waals surface area (Å²) in [6.07, 6.45) is 0.00864. The van der Waals surface area contributed by atoms with E-state index in [0.717, 1.165) is 39.4 Å². The van der Waals surface area contributed by atoms with Crippen molar-refractivity contribution in [3.63, 3.8) is 0 Å². The molecule has 2 aliphatic rings. The van der Waals surface area contributed by atoms with E-state index >= 15 is 0 Å². The molecule has 2 saturated heterocycles. The van der Waals surface area contributed by atoms with Crippen LogP contribution < -0.4 is 4.90 Å². The molecule has 1 amide bonds. The molecule has 0 aromatic heterocycles. The van der Waals surface area contributed by atoms with Gasteiger partial charge in [-0.1, -0.05) is 19.1 Å². The van der Waals surface area contributed by atoms with Crippen molar-refractivity contribution in [2.75, 3.05) is 57.4 Å². The zero-order chi connectivity index (χ0) is 17.6. The zero-order valence-electron chi connectivity index (χ0n) is 15.1. The maximum Gasteiger partial charge on any atom is 0.222 e.